The third kappa shape index (κ3) is 3.68. The summed E-state index contributed by atoms with van der Waals surface area (Å²) in [7, 11) is 0. The molecule has 102 valence electrons. The van der Waals surface area contributed by atoms with Gasteiger partial charge in [-0.1, -0.05) is 29.8 Å². The number of carbonyl (C=O) groups excluding carboxylic acids is 1. The van der Waals surface area contributed by atoms with E-state index in [1.807, 2.05) is 6.07 Å². The molecule has 2 aromatic carbocycles. The molecule has 0 atom stereocenters. The maximum Gasteiger partial charge on any atom is 0.152 e. The molecule has 2 aromatic rings. The van der Waals surface area contributed by atoms with Gasteiger partial charge in [0, 0.05) is 11.6 Å². The molecule has 4 heteroatoms. The lowest BCUT2D eigenvalue weighted by Gasteiger charge is -2.09. The maximum absolute atomic E-state index is 13.4. The number of rotatable bonds is 4. The van der Waals surface area contributed by atoms with Gasteiger partial charge < -0.3 is 4.74 Å². The summed E-state index contributed by atoms with van der Waals surface area (Å²) in [6.07, 6.45) is 3.11. The predicted molar refractivity (Wildman–Crippen MR) is 77.6 cm³/mol. The summed E-state index contributed by atoms with van der Waals surface area (Å²) in [4.78, 5) is 11.0. The molecule has 0 saturated carbocycles. The zero-order chi connectivity index (χ0) is 14.5. The Morgan fingerprint density at radius 3 is 2.70 bits per heavy atom. The number of ether oxygens (including phenoxy) is 1. The summed E-state index contributed by atoms with van der Waals surface area (Å²) in [6, 6.07) is 11.4. The van der Waals surface area contributed by atoms with Gasteiger partial charge in [-0.25, -0.2) is 4.39 Å². The van der Waals surface area contributed by atoms with Gasteiger partial charge in [-0.2, -0.15) is 0 Å². The lowest BCUT2D eigenvalue weighted by molar-refractivity contribution is -0.112. The molecule has 2 rings (SSSR count). The van der Waals surface area contributed by atoms with Crippen LogP contribution in [0.25, 0.3) is 6.08 Å². The predicted octanol–water partition coefficient (Wildman–Crippen LogP) is 4.87. The molecule has 0 N–H and O–H groups in total. The molecule has 20 heavy (non-hydrogen) atoms. The Labute approximate surface area is 121 Å². The summed E-state index contributed by atoms with van der Waals surface area (Å²) < 4.78 is 19.0. The Morgan fingerprint density at radius 2 is 2.00 bits per heavy atom. The van der Waals surface area contributed by atoms with E-state index in [9.17, 15) is 9.18 Å². The Morgan fingerprint density at radius 1 is 1.25 bits per heavy atom. The van der Waals surface area contributed by atoms with Crippen LogP contribution >= 0.6 is 11.6 Å². The smallest absolute Gasteiger partial charge is 0.152 e. The van der Waals surface area contributed by atoms with E-state index in [1.54, 1.807) is 30.3 Å². The highest BCUT2D eigenvalue weighted by molar-refractivity contribution is 6.30. The van der Waals surface area contributed by atoms with Gasteiger partial charge in [0.2, 0.25) is 0 Å². The highest BCUT2D eigenvalue weighted by Gasteiger charge is 2.05. The fourth-order valence-corrected chi connectivity index (χ4v) is 1.70. The first-order valence-electron chi connectivity index (χ1n) is 5.97. The average molecular weight is 291 g/mol. The Kier molecular flexibility index (Phi) is 4.53. The molecule has 0 radical (unpaired) electrons. The zero-order valence-corrected chi connectivity index (χ0v) is 11.5. The van der Waals surface area contributed by atoms with Crippen LogP contribution in [0.15, 0.2) is 48.5 Å². The number of ketones is 1. The number of hydrogen-bond donors (Lipinski definition) is 0. The van der Waals surface area contributed by atoms with E-state index in [1.165, 1.54) is 25.1 Å². The number of para-hydroxylation sites is 1. The van der Waals surface area contributed by atoms with Crippen LogP contribution in [0.2, 0.25) is 5.02 Å². The van der Waals surface area contributed by atoms with E-state index in [2.05, 4.69) is 0 Å². The molecule has 0 aromatic heterocycles. The second kappa shape index (κ2) is 6.35. The minimum Gasteiger partial charge on any atom is -0.457 e. The number of halogens is 2. The van der Waals surface area contributed by atoms with Gasteiger partial charge in [0.15, 0.2) is 5.78 Å². The topological polar surface area (TPSA) is 26.3 Å². The molecule has 0 aliphatic carbocycles. The number of benzene rings is 2. The number of carbonyl (C=O) groups is 1. The first-order chi connectivity index (χ1) is 9.56. The lowest BCUT2D eigenvalue weighted by atomic mass is 10.1. The normalized spacial score (nSPS) is 10.8. The first-order valence-corrected chi connectivity index (χ1v) is 6.34. The minimum absolute atomic E-state index is 0.0436. The Hall–Kier alpha value is -2.13. The van der Waals surface area contributed by atoms with Gasteiger partial charge in [-0.05, 0) is 37.3 Å². The van der Waals surface area contributed by atoms with Crippen LogP contribution < -0.4 is 4.74 Å². The zero-order valence-electron chi connectivity index (χ0n) is 10.8. The second-order valence-corrected chi connectivity index (χ2v) is 4.57. The highest BCUT2D eigenvalue weighted by Crippen LogP contribution is 2.28. The van der Waals surface area contributed by atoms with Crippen molar-refractivity contribution in [2.75, 3.05) is 0 Å². The van der Waals surface area contributed by atoms with Crippen molar-refractivity contribution in [3.8, 4) is 11.5 Å². The van der Waals surface area contributed by atoms with Gasteiger partial charge in [0.25, 0.3) is 0 Å². The van der Waals surface area contributed by atoms with Crippen molar-refractivity contribution >= 4 is 23.5 Å². The summed E-state index contributed by atoms with van der Waals surface area (Å²) in [5, 5.41) is 0.0436. The van der Waals surface area contributed by atoms with Crippen molar-refractivity contribution in [2.45, 2.75) is 6.92 Å². The molecule has 0 bridgehead atoms. The van der Waals surface area contributed by atoms with Crippen LogP contribution in [0, 0.1) is 5.82 Å². The molecule has 0 aliphatic rings. The number of allylic oxidation sites excluding steroid dienone is 1. The van der Waals surface area contributed by atoms with Crippen molar-refractivity contribution in [1.82, 2.24) is 0 Å². The largest absolute Gasteiger partial charge is 0.457 e. The summed E-state index contributed by atoms with van der Waals surface area (Å²) in [5.41, 5.74) is 0.734. The molecular weight excluding hydrogens is 279 g/mol. The highest BCUT2D eigenvalue weighted by atomic mass is 35.5. The van der Waals surface area contributed by atoms with Crippen LogP contribution in [0.4, 0.5) is 4.39 Å². The average Bonchev–Trinajstić information content (AvgIpc) is 2.42. The van der Waals surface area contributed by atoms with Crippen molar-refractivity contribution in [3.63, 3.8) is 0 Å². The van der Waals surface area contributed by atoms with E-state index in [4.69, 9.17) is 16.3 Å². The van der Waals surface area contributed by atoms with Crippen molar-refractivity contribution in [2.24, 2.45) is 0 Å². The summed E-state index contributed by atoms with van der Waals surface area (Å²) in [5.74, 6) is 0.278. The van der Waals surface area contributed by atoms with Gasteiger partial charge in [0.1, 0.15) is 17.3 Å². The summed E-state index contributed by atoms with van der Waals surface area (Å²) in [6.45, 7) is 1.47. The van der Waals surface area contributed by atoms with E-state index >= 15 is 0 Å². The number of hydrogen-bond acceptors (Lipinski definition) is 2. The van der Waals surface area contributed by atoms with Crippen LogP contribution in [-0.2, 0) is 4.79 Å². The van der Waals surface area contributed by atoms with Gasteiger partial charge >= 0.3 is 0 Å². The van der Waals surface area contributed by atoms with E-state index in [0.29, 0.717) is 11.5 Å². The van der Waals surface area contributed by atoms with Gasteiger partial charge in [0.05, 0.1) is 5.02 Å². The second-order valence-electron chi connectivity index (χ2n) is 4.16. The quantitative estimate of drug-likeness (QED) is 0.751. The molecule has 0 heterocycles. The standard InChI is InChI=1S/C16H12ClFO2/c1-11(19)6-7-12-4-2-3-5-16(12)20-13-8-9-14(17)15(18)10-13/h2-10H,1H3/b7-6-. The van der Waals surface area contributed by atoms with Crippen molar-refractivity contribution in [3.05, 3.63) is 64.9 Å². The molecule has 0 amide bonds. The van der Waals surface area contributed by atoms with Crippen molar-refractivity contribution in [1.29, 1.82) is 0 Å². The first kappa shape index (κ1) is 14.3. The van der Waals surface area contributed by atoms with Crippen molar-refractivity contribution < 1.29 is 13.9 Å². The third-order valence-electron chi connectivity index (χ3n) is 2.54. The van der Waals surface area contributed by atoms with Crippen LogP contribution in [0.5, 0.6) is 11.5 Å². The summed E-state index contributed by atoms with van der Waals surface area (Å²) >= 11 is 5.62. The molecule has 0 unspecified atom stereocenters. The fourth-order valence-electron chi connectivity index (χ4n) is 1.59. The molecular formula is C16H12ClFO2. The third-order valence-corrected chi connectivity index (χ3v) is 2.84. The molecule has 0 fully saturated rings. The van der Waals surface area contributed by atoms with Crippen LogP contribution in [0.1, 0.15) is 12.5 Å². The van der Waals surface area contributed by atoms with E-state index in [0.717, 1.165) is 5.56 Å². The van der Waals surface area contributed by atoms with Crippen LogP contribution in [-0.4, -0.2) is 5.78 Å². The Bertz CT molecular complexity index is 665. The molecule has 0 spiro atoms. The molecule has 2 nitrogen and oxygen atoms in total. The fraction of sp³-hybridized carbons (Fsp3) is 0.0625. The Balaban J connectivity index is 2.29. The molecule has 0 saturated heterocycles. The SMILES string of the molecule is CC(=O)/C=C\c1ccccc1Oc1ccc(Cl)c(F)c1. The van der Waals surface area contributed by atoms with E-state index < -0.39 is 5.82 Å². The van der Waals surface area contributed by atoms with E-state index in [-0.39, 0.29) is 10.8 Å². The lowest BCUT2D eigenvalue weighted by Crippen LogP contribution is -1.89. The molecule has 0 aliphatic heterocycles. The van der Waals surface area contributed by atoms with Crippen LogP contribution in [0.3, 0.4) is 0 Å². The minimum atomic E-state index is -0.541. The van der Waals surface area contributed by atoms with Gasteiger partial charge in [-0.3, -0.25) is 4.79 Å². The maximum atomic E-state index is 13.4. The van der Waals surface area contributed by atoms with Gasteiger partial charge in [-0.15, -0.1) is 0 Å². The monoisotopic (exact) mass is 290 g/mol.